The van der Waals surface area contributed by atoms with Crippen LogP contribution in [0, 0.1) is 6.92 Å². The Labute approximate surface area is 104 Å². The Kier molecular flexibility index (Phi) is 5.26. The highest BCUT2D eigenvalue weighted by Gasteiger charge is 2.23. The molecule has 2 rings (SSSR count). The van der Waals surface area contributed by atoms with Crippen molar-refractivity contribution in [1.29, 1.82) is 0 Å². The lowest BCUT2D eigenvalue weighted by atomic mass is 10.0. The lowest BCUT2D eigenvalue weighted by Gasteiger charge is -2.27. The zero-order valence-corrected chi connectivity index (χ0v) is 10.5. The van der Waals surface area contributed by atoms with E-state index in [-0.39, 0.29) is 25.1 Å². The standard InChI is InChI=1S/C13H19NO.ClH/c1-11-6-2-3-7-12(11)13(10-15)14-8-4-5-9-14;/h2-3,6-7,13,15H,4-5,8-10H2,1H3;1H. The third kappa shape index (κ3) is 2.76. The summed E-state index contributed by atoms with van der Waals surface area (Å²) >= 11 is 0. The third-order valence-corrected chi connectivity index (χ3v) is 3.30. The summed E-state index contributed by atoms with van der Waals surface area (Å²) in [5.74, 6) is 0. The molecular weight excluding hydrogens is 222 g/mol. The summed E-state index contributed by atoms with van der Waals surface area (Å²) in [6.07, 6.45) is 2.53. The van der Waals surface area contributed by atoms with Gasteiger partial charge in [-0.2, -0.15) is 0 Å². The molecule has 1 saturated heterocycles. The molecule has 0 bridgehead atoms. The molecule has 1 aromatic rings. The Morgan fingerprint density at radius 3 is 2.44 bits per heavy atom. The smallest absolute Gasteiger partial charge is 0.0628 e. The minimum atomic E-state index is 0. The highest BCUT2D eigenvalue weighted by molar-refractivity contribution is 5.85. The molecule has 1 fully saturated rings. The molecule has 0 radical (unpaired) electrons. The molecule has 0 amide bonds. The van der Waals surface area contributed by atoms with Crippen LogP contribution in [0.5, 0.6) is 0 Å². The molecule has 1 heterocycles. The van der Waals surface area contributed by atoms with Gasteiger partial charge in [0.15, 0.2) is 0 Å². The third-order valence-electron chi connectivity index (χ3n) is 3.30. The van der Waals surface area contributed by atoms with Crippen LogP contribution >= 0.6 is 12.4 Å². The van der Waals surface area contributed by atoms with E-state index in [1.807, 2.05) is 0 Å². The molecule has 90 valence electrons. The summed E-state index contributed by atoms with van der Waals surface area (Å²) in [5.41, 5.74) is 2.56. The highest BCUT2D eigenvalue weighted by atomic mass is 35.5. The SMILES string of the molecule is Cc1ccccc1C(CO)N1CCCC1.Cl. The molecule has 1 aromatic carbocycles. The Morgan fingerprint density at radius 1 is 1.25 bits per heavy atom. The highest BCUT2D eigenvalue weighted by Crippen LogP contribution is 2.26. The van der Waals surface area contributed by atoms with Crippen LogP contribution in [0.25, 0.3) is 0 Å². The minimum absolute atomic E-state index is 0. The van der Waals surface area contributed by atoms with Crippen LogP contribution in [-0.2, 0) is 0 Å². The summed E-state index contributed by atoms with van der Waals surface area (Å²) in [6, 6.07) is 8.56. The molecule has 1 aliphatic heterocycles. The van der Waals surface area contributed by atoms with E-state index in [0.29, 0.717) is 0 Å². The maximum absolute atomic E-state index is 9.52. The first-order valence-corrected chi connectivity index (χ1v) is 5.73. The maximum atomic E-state index is 9.52. The van der Waals surface area contributed by atoms with Crippen LogP contribution in [0.4, 0.5) is 0 Å². The lowest BCUT2D eigenvalue weighted by Crippen LogP contribution is -2.28. The van der Waals surface area contributed by atoms with Gasteiger partial charge in [0.05, 0.1) is 12.6 Å². The van der Waals surface area contributed by atoms with Crippen molar-refractivity contribution in [2.24, 2.45) is 0 Å². The molecule has 1 atom stereocenters. The van der Waals surface area contributed by atoms with Gasteiger partial charge in [0, 0.05) is 0 Å². The number of likely N-dealkylation sites (tertiary alicyclic amines) is 1. The van der Waals surface area contributed by atoms with Crippen molar-refractivity contribution in [3.8, 4) is 0 Å². The number of halogens is 1. The summed E-state index contributed by atoms with van der Waals surface area (Å²) in [6.45, 7) is 4.60. The van der Waals surface area contributed by atoms with E-state index in [1.54, 1.807) is 0 Å². The largest absolute Gasteiger partial charge is 0.394 e. The molecular formula is C13H20ClNO. The number of rotatable bonds is 3. The monoisotopic (exact) mass is 241 g/mol. The first-order valence-electron chi connectivity index (χ1n) is 5.73. The molecule has 0 aliphatic carbocycles. The van der Waals surface area contributed by atoms with Crippen LogP contribution in [0.3, 0.4) is 0 Å². The topological polar surface area (TPSA) is 23.5 Å². The average Bonchev–Trinajstić information content (AvgIpc) is 2.75. The van der Waals surface area contributed by atoms with Crippen molar-refractivity contribution in [3.05, 3.63) is 35.4 Å². The fourth-order valence-electron chi connectivity index (χ4n) is 2.42. The minimum Gasteiger partial charge on any atom is -0.394 e. The molecule has 0 spiro atoms. The van der Waals surface area contributed by atoms with Crippen LogP contribution in [0.15, 0.2) is 24.3 Å². The fourth-order valence-corrected chi connectivity index (χ4v) is 2.42. The number of aliphatic hydroxyl groups is 1. The molecule has 0 aromatic heterocycles. The summed E-state index contributed by atoms with van der Waals surface area (Å²) in [5, 5.41) is 9.52. The van der Waals surface area contributed by atoms with Gasteiger partial charge in [0.25, 0.3) is 0 Å². The van der Waals surface area contributed by atoms with Gasteiger partial charge in [-0.15, -0.1) is 12.4 Å². The van der Waals surface area contributed by atoms with Gasteiger partial charge in [-0.25, -0.2) is 0 Å². The Hall–Kier alpha value is -0.570. The van der Waals surface area contributed by atoms with E-state index in [1.165, 1.54) is 24.0 Å². The second kappa shape index (κ2) is 6.24. The zero-order chi connectivity index (χ0) is 10.7. The van der Waals surface area contributed by atoms with Gasteiger partial charge in [-0.3, -0.25) is 4.90 Å². The van der Waals surface area contributed by atoms with E-state index in [9.17, 15) is 5.11 Å². The number of hydrogen-bond acceptors (Lipinski definition) is 2. The van der Waals surface area contributed by atoms with Crippen LogP contribution in [0.1, 0.15) is 30.0 Å². The van der Waals surface area contributed by atoms with Gasteiger partial charge in [0.1, 0.15) is 0 Å². The van der Waals surface area contributed by atoms with E-state index in [2.05, 4.69) is 36.1 Å². The van der Waals surface area contributed by atoms with E-state index >= 15 is 0 Å². The van der Waals surface area contributed by atoms with E-state index < -0.39 is 0 Å². The normalized spacial score (nSPS) is 18.1. The quantitative estimate of drug-likeness (QED) is 0.879. The Bertz CT molecular complexity index is 323. The van der Waals surface area contributed by atoms with Crippen molar-refractivity contribution in [2.45, 2.75) is 25.8 Å². The number of benzene rings is 1. The Morgan fingerprint density at radius 2 is 1.88 bits per heavy atom. The van der Waals surface area contributed by atoms with Crippen molar-refractivity contribution in [1.82, 2.24) is 4.90 Å². The predicted octanol–water partition coefficient (Wildman–Crippen LogP) is 2.55. The van der Waals surface area contributed by atoms with Crippen molar-refractivity contribution >= 4 is 12.4 Å². The van der Waals surface area contributed by atoms with Gasteiger partial charge in [0.2, 0.25) is 0 Å². The van der Waals surface area contributed by atoms with E-state index in [4.69, 9.17) is 0 Å². The van der Waals surface area contributed by atoms with Gasteiger partial charge >= 0.3 is 0 Å². The number of hydrogen-bond donors (Lipinski definition) is 1. The number of aryl methyl sites for hydroxylation is 1. The average molecular weight is 242 g/mol. The zero-order valence-electron chi connectivity index (χ0n) is 9.72. The second-order valence-corrected chi connectivity index (χ2v) is 4.30. The molecule has 1 unspecified atom stereocenters. The second-order valence-electron chi connectivity index (χ2n) is 4.30. The molecule has 0 saturated carbocycles. The predicted molar refractivity (Wildman–Crippen MR) is 69.1 cm³/mol. The lowest BCUT2D eigenvalue weighted by molar-refractivity contribution is 0.146. The molecule has 1 N–H and O–H groups in total. The van der Waals surface area contributed by atoms with Gasteiger partial charge in [-0.1, -0.05) is 24.3 Å². The van der Waals surface area contributed by atoms with Crippen LogP contribution in [0.2, 0.25) is 0 Å². The summed E-state index contributed by atoms with van der Waals surface area (Å²) in [4.78, 5) is 2.39. The fraction of sp³-hybridized carbons (Fsp3) is 0.538. The van der Waals surface area contributed by atoms with E-state index in [0.717, 1.165) is 13.1 Å². The van der Waals surface area contributed by atoms with Gasteiger partial charge < -0.3 is 5.11 Å². The van der Waals surface area contributed by atoms with Crippen molar-refractivity contribution in [2.75, 3.05) is 19.7 Å². The first-order chi connectivity index (χ1) is 7.33. The molecule has 3 heteroatoms. The Balaban J connectivity index is 0.00000128. The number of aliphatic hydroxyl groups excluding tert-OH is 1. The molecule has 1 aliphatic rings. The van der Waals surface area contributed by atoms with Crippen LogP contribution in [-0.4, -0.2) is 29.7 Å². The number of nitrogens with zero attached hydrogens (tertiary/aromatic N) is 1. The molecule has 2 nitrogen and oxygen atoms in total. The summed E-state index contributed by atoms with van der Waals surface area (Å²) in [7, 11) is 0. The first kappa shape index (κ1) is 13.5. The van der Waals surface area contributed by atoms with Crippen LogP contribution < -0.4 is 0 Å². The van der Waals surface area contributed by atoms with Crippen molar-refractivity contribution < 1.29 is 5.11 Å². The maximum Gasteiger partial charge on any atom is 0.0628 e. The van der Waals surface area contributed by atoms with Crippen molar-refractivity contribution in [3.63, 3.8) is 0 Å². The molecule has 16 heavy (non-hydrogen) atoms. The van der Waals surface area contributed by atoms with Gasteiger partial charge in [-0.05, 0) is 44.0 Å². The summed E-state index contributed by atoms with van der Waals surface area (Å²) < 4.78 is 0.